The summed E-state index contributed by atoms with van der Waals surface area (Å²) in [6, 6.07) is 14.9. The quantitative estimate of drug-likeness (QED) is 0.0614. The first-order valence-corrected chi connectivity index (χ1v) is 15.8. The molecule has 3 rings (SSSR count). The van der Waals surface area contributed by atoms with E-state index in [0.717, 1.165) is 12.1 Å². The summed E-state index contributed by atoms with van der Waals surface area (Å²) in [6.07, 6.45) is 31.7. The Morgan fingerprint density at radius 1 is 0.756 bits per heavy atom. The zero-order chi connectivity index (χ0) is 29.1. The van der Waals surface area contributed by atoms with E-state index in [4.69, 9.17) is 10.7 Å². The molecule has 0 atom stereocenters. The van der Waals surface area contributed by atoms with Crippen molar-refractivity contribution in [3.8, 4) is 12.1 Å². The molecule has 2 aromatic rings. The molecular formula is C37H46N4. The van der Waals surface area contributed by atoms with Crippen LogP contribution >= 0.6 is 0 Å². The first-order valence-electron chi connectivity index (χ1n) is 15.8. The van der Waals surface area contributed by atoms with Crippen LogP contribution in [0.25, 0.3) is 17.0 Å². The number of aromatic nitrogens is 1. The second kappa shape index (κ2) is 18.6. The largest absolute Gasteiger partial charge is 0.762 e. The first kappa shape index (κ1) is 31.8. The molecule has 214 valence electrons. The third-order valence-corrected chi connectivity index (χ3v) is 8.14. The molecule has 0 unspecified atom stereocenters. The van der Waals surface area contributed by atoms with Gasteiger partial charge in [-0.15, -0.1) is 0 Å². The van der Waals surface area contributed by atoms with Crippen molar-refractivity contribution in [2.24, 2.45) is 11.8 Å². The fourth-order valence-electron chi connectivity index (χ4n) is 5.66. The van der Waals surface area contributed by atoms with Crippen molar-refractivity contribution in [1.82, 2.24) is 0 Å². The third-order valence-electron chi connectivity index (χ3n) is 8.14. The van der Waals surface area contributed by atoms with Crippen molar-refractivity contribution < 1.29 is 4.40 Å². The maximum atomic E-state index is 9.92. The van der Waals surface area contributed by atoms with Crippen molar-refractivity contribution >= 4 is 17.5 Å². The molecule has 1 aliphatic carbocycles. The summed E-state index contributed by atoms with van der Waals surface area (Å²) in [7, 11) is 0. The highest BCUT2D eigenvalue weighted by Crippen LogP contribution is 2.26. The number of nitrogens with zero attached hydrogens (tertiary/aromatic N) is 4. The molecule has 0 saturated heterocycles. The fraction of sp³-hybridized carbons (Fsp3) is 0.486. The van der Waals surface area contributed by atoms with Gasteiger partial charge in [0.1, 0.15) is 6.07 Å². The van der Waals surface area contributed by atoms with E-state index in [2.05, 4.69) is 47.9 Å². The monoisotopic (exact) mass is 546 g/mol. The van der Waals surface area contributed by atoms with Gasteiger partial charge in [-0.2, -0.15) is 14.9 Å². The standard InChI is InChI=1S/C37H46N4/c1-2-3-4-5-6-7-8-9-10-11-12-13-14-15-18-33-24-25-36(41-26-17-16-19-37(33)41)27-34(28-38)31-20-22-32(23-21-31)35(29-39)30-40/h16-17,19-27,31-32H,2-15,18H2,1H3/b34-27-. The Hall–Kier alpha value is -3.72. The van der Waals surface area contributed by atoms with Crippen LogP contribution in [0.1, 0.15) is 108 Å². The summed E-state index contributed by atoms with van der Waals surface area (Å²) in [5, 5.41) is 28.2. The van der Waals surface area contributed by atoms with E-state index < -0.39 is 0 Å². The lowest BCUT2D eigenvalue weighted by atomic mass is 9.87. The normalized spacial score (nSPS) is 16.3. The molecule has 2 heterocycles. The maximum Gasteiger partial charge on any atom is 0.214 e. The van der Waals surface area contributed by atoms with E-state index in [1.165, 1.54) is 101 Å². The number of rotatable bonds is 18. The van der Waals surface area contributed by atoms with Crippen molar-refractivity contribution in [2.45, 2.75) is 103 Å². The van der Waals surface area contributed by atoms with Crippen LogP contribution in [0.3, 0.4) is 0 Å². The minimum absolute atomic E-state index is 0.161. The smallest absolute Gasteiger partial charge is 0.214 e. The molecule has 4 nitrogen and oxygen atoms in total. The van der Waals surface area contributed by atoms with Crippen LogP contribution in [-0.4, -0.2) is 5.87 Å². The van der Waals surface area contributed by atoms with E-state index in [9.17, 15) is 5.26 Å². The molecule has 0 fully saturated rings. The van der Waals surface area contributed by atoms with Crippen LogP contribution in [0.2, 0.25) is 0 Å². The first-order chi connectivity index (χ1) is 20.2. The van der Waals surface area contributed by atoms with Gasteiger partial charge in [0.25, 0.3) is 0 Å². The second-order valence-corrected chi connectivity index (χ2v) is 11.3. The lowest BCUT2D eigenvalue weighted by Crippen LogP contribution is -2.26. The van der Waals surface area contributed by atoms with Gasteiger partial charge >= 0.3 is 0 Å². The highest BCUT2D eigenvalue weighted by Gasteiger charge is 2.18. The predicted molar refractivity (Wildman–Crippen MR) is 170 cm³/mol. The number of hydrogen-bond acceptors (Lipinski definition) is 2. The van der Waals surface area contributed by atoms with Crippen LogP contribution in [0.15, 0.2) is 72.0 Å². The highest BCUT2D eigenvalue weighted by molar-refractivity contribution is 5.68. The van der Waals surface area contributed by atoms with Crippen molar-refractivity contribution in [2.75, 3.05) is 0 Å². The van der Waals surface area contributed by atoms with E-state index in [1.807, 2.05) is 48.4 Å². The Kier molecular flexibility index (Phi) is 14.4. The van der Waals surface area contributed by atoms with Gasteiger partial charge in [0.15, 0.2) is 6.20 Å². The topological polar surface area (TPSA) is 74.0 Å². The predicted octanol–water partition coefficient (Wildman–Crippen LogP) is 9.40. The van der Waals surface area contributed by atoms with Gasteiger partial charge in [-0.25, -0.2) is 0 Å². The van der Waals surface area contributed by atoms with Gasteiger partial charge in [0.2, 0.25) is 11.2 Å². The van der Waals surface area contributed by atoms with Crippen molar-refractivity contribution in [3.63, 3.8) is 0 Å². The number of unbranched alkanes of at least 4 members (excludes halogenated alkanes) is 13. The summed E-state index contributed by atoms with van der Waals surface area (Å²) in [4.78, 5) is 0. The molecule has 0 bridgehead atoms. The lowest BCUT2D eigenvalue weighted by Gasteiger charge is -2.15. The molecule has 0 amide bonds. The van der Waals surface area contributed by atoms with E-state index >= 15 is 0 Å². The van der Waals surface area contributed by atoms with Crippen LogP contribution in [0.4, 0.5) is 0 Å². The molecule has 41 heavy (non-hydrogen) atoms. The van der Waals surface area contributed by atoms with Crippen LogP contribution in [0.5, 0.6) is 0 Å². The van der Waals surface area contributed by atoms with Gasteiger partial charge < -0.3 is 5.41 Å². The van der Waals surface area contributed by atoms with Crippen LogP contribution in [0, 0.1) is 34.5 Å². The van der Waals surface area contributed by atoms with Gasteiger partial charge in [-0.05, 0) is 25.0 Å². The molecule has 0 saturated carbocycles. The van der Waals surface area contributed by atoms with E-state index in [0.29, 0.717) is 5.57 Å². The highest BCUT2D eigenvalue weighted by atomic mass is 14.9. The van der Waals surface area contributed by atoms with Gasteiger partial charge in [0.05, 0.1) is 11.6 Å². The molecule has 0 aromatic carbocycles. The van der Waals surface area contributed by atoms with Crippen LogP contribution < -0.4 is 4.40 Å². The molecule has 4 heteroatoms. The fourth-order valence-corrected chi connectivity index (χ4v) is 5.66. The van der Waals surface area contributed by atoms with Crippen LogP contribution in [-0.2, 0) is 6.42 Å². The molecule has 0 aliphatic heterocycles. The van der Waals surface area contributed by atoms with E-state index in [-0.39, 0.29) is 17.4 Å². The Balaban J connectivity index is 1.48. The van der Waals surface area contributed by atoms with E-state index in [1.54, 1.807) is 0 Å². The Labute approximate surface area is 247 Å². The summed E-state index contributed by atoms with van der Waals surface area (Å²) in [5.74, 6) is 1.47. The average molecular weight is 547 g/mol. The summed E-state index contributed by atoms with van der Waals surface area (Å²) in [5.41, 5.74) is 4.28. The number of pyridine rings is 2. The molecular weight excluding hydrogens is 500 g/mol. The van der Waals surface area contributed by atoms with Crippen molar-refractivity contribution in [1.29, 1.82) is 10.5 Å². The number of aryl methyl sites for hydroxylation is 1. The molecule has 2 aromatic heterocycles. The van der Waals surface area contributed by atoms with Crippen molar-refractivity contribution in [3.05, 3.63) is 88.6 Å². The zero-order valence-electron chi connectivity index (χ0n) is 24.9. The lowest BCUT2D eigenvalue weighted by molar-refractivity contribution is -0.514. The summed E-state index contributed by atoms with van der Waals surface area (Å²) < 4.78 is 2.17. The molecule has 0 radical (unpaired) electrons. The Morgan fingerprint density at radius 3 is 1.90 bits per heavy atom. The molecule has 0 N–H and O–H groups in total. The Morgan fingerprint density at radius 2 is 1.34 bits per heavy atom. The average Bonchev–Trinajstić information content (AvgIpc) is 3.01. The zero-order valence-corrected chi connectivity index (χ0v) is 24.9. The van der Waals surface area contributed by atoms with Gasteiger partial charge in [-0.3, -0.25) is 5.87 Å². The Bertz CT molecular complexity index is 1310. The second-order valence-electron chi connectivity index (χ2n) is 11.3. The summed E-state index contributed by atoms with van der Waals surface area (Å²) >= 11 is 0. The summed E-state index contributed by atoms with van der Waals surface area (Å²) in [6.45, 7) is 2.28. The third kappa shape index (κ3) is 10.3. The van der Waals surface area contributed by atoms with Gasteiger partial charge in [0, 0.05) is 47.2 Å². The number of nitriles is 2. The minimum Gasteiger partial charge on any atom is -0.762 e. The molecule has 1 aliphatic rings. The molecule has 0 spiro atoms. The maximum absolute atomic E-state index is 9.92. The van der Waals surface area contributed by atoms with Gasteiger partial charge in [-0.1, -0.05) is 115 Å². The number of hydrogen-bond donors (Lipinski definition) is 0. The minimum atomic E-state index is -0.314. The number of allylic oxidation sites excluding steroid dienone is 6. The SMILES string of the molecule is CCCCCCCCCCCCCCCCc1ccc(/C=C(/C#N)C2C=CC(C(=C=[N-])C#N)C=C2)[n+]2ccccc12. The number of fused-ring (bicyclic) bond motifs is 1.